The molecule has 0 aromatic heterocycles. The molecule has 0 rings (SSSR count). The van der Waals surface area contributed by atoms with Crippen LogP contribution in [0.3, 0.4) is 0 Å². The van der Waals surface area contributed by atoms with Crippen LogP contribution in [0.1, 0.15) is 0 Å². The molecule has 0 bridgehead atoms. The fraction of sp³-hybridized carbons (Fsp3) is 0. The third-order valence-electron chi connectivity index (χ3n) is 0. The van der Waals surface area contributed by atoms with Crippen molar-refractivity contribution in [3.63, 3.8) is 0 Å². The second-order valence-electron chi connectivity index (χ2n) is 0.750. The Bertz CT molecular complexity index is 118. The number of hydrogen-bond donors (Lipinski definition) is 0. The van der Waals surface area contributed by atoms with Crippen LogP contribution < -0.4 is 19.1 Å². The topological polar surface area (TPSA) is 190 Å². The summed E-state index contributed by atoms with van der Waals surface area (Å²) in [6, 6.07) is 0. The monoisotopic (exact) mass is 670 g/mol. The summed E-state index contributed by atoms with van der Waals surface area (Å²) in [5, 5.41) is 0. The van der Waals surface area contributed by atoms with E-state index in [9.17, 15) is 0 Å². The molecule has 0 heterocycles. The van der Waals surface area contributed by atoms with E-state index in [1.165, 1.54) is 0 Å². The first-order chi connectivity index (χ1) is 5.20. The molecule has 0 aliphatic carbocycles. The third kappa shape index (κ3) is 271. The van der Waals surface area contributed by atoms with Crippen molar-refractivity contribution in [3.8, 4) is 0 Å². The first-order valence-electron chi connectivity index (χ1n) is 1.84. The van der Waals surface area contributed by atoms with Gasteiger partial charge in [0.1, 0.15) is 0 Å². The minimum atomic E-state index is -4.29. The predicted molar refractivity (Wildman–Crippen MR) is 7.81 cm³/mol. The van der Waals surface area contributed by atoms with Crippen LogP contribution in [0.15, 0.2) is 0 Å². The maximum Gasteiger partial charge on any atom is 4.00 e. The Morgan fingerprint density at radius 2 is 0.571 bits per heavy atom. The molecule has 0 aliphatic heterocycles. The molecule has 0 aromatic rings. The normalized spacial score (nSPS) is 5.57. The maximum absolute atomic E-state index is 8.61. The number of rotatable bonds is 0. The van der Waals surface area contributed by atoms with E-state index < -0.39 is 67.9 Å². The quantitative estimate of drug-likeness (QED) is 0.225. The van der Waals surface area contributed by atoms with E-state index in [2.05, 4.69) is 0 Å². The second kappa shape index (κ2) is 25.3. The van der Waals surface area contributed by atoms with Crippen LogP contribution in [0.25, 0.3) is 0 Å². The Kier molecular flexibility index (Phi) is 55.1. The standard InChI is InChI=1S/9O.Pb.Ti.3Zr/q;;;6*-1;+2;+4;;;. The van der Waals surface area contributed by atoms with Crippen molar-refractivity contribution in [2.24, 2.45) is 0 Å². The van der Waals surface area contributed by atoms with Crippen molar-refractivity contribution in [1.82, 2.24) is 0 Å². The second-order valence-corrected chi connectivity index (χ2v) is 4.44. The van der Waals surface area contributed by atoms with Crippen molar-refractivity contribution in [2.75, 3.05) is 0 Å². The van der Waals surface area contributed by atoms with Gasteiger partial charge in [0.05, 0.1) is 0 Å². The minimum Gasteiger partial charge on any atom is 2.00 e. The average molecular weight is 673 g/mol. The van der Waals surface area contributed by atoms with Crippen molar-refractivity contribution in [3.05, 3.63) is 0 Å². The van der Waals surface area contributed by atoms with Gasteiger partial charge < -0.3 is 0 Å². The van der Waals surface area contributed by atoms with Crippen LogP contribution in [0.4, 0.5) is 0 Å². The van der Waals surface area contributed by atoms with Crippen LogP contribution in [-0.2, 0) is 98.1 Å². The Morgan fingerprint density at radius 1 is 0.571 bits per heavy atom. The Hall–Kier alpha value is 3.45. The average Bonchev–Trinajstić information content (AvgIpc) is 1.54. The molecule has 0 N–H and O–H groups in total. The van der Waals surface area contributed by atoms with E-state index in [-0.39, 0.29) is 49.0 Å². The van der Waals surface area contributed by atoms with Crippen molar-refractivity contribution >= 4 is 27.3 Å². The molecule has 74 valence electrons. The zero-order valence-electron chi connectivity index (χ0n) is 6.17. The minimum absolute atomic E-state index is 0. The van der Waals surface area contributed by atoms with Gasteiger partial charge in [-0.25, -0.2) is 0 Å². The van der Waals surface area contributed by atoms with Gasteiger partial charge in [-0.1, -0.05) is 0 Å². The Balaban J connectivity index is -0.0000000270. The molecule has 9 nitrogen and oxygen atoms in total. The fourth-order valence-electron chi connectivity index (χ4n) is 0. The number of hydrogen-bond acceptors (Lipinski definition) is 9. The van der Waals surface area contributed by atoms with Crippen LogP contribution in [-0.4, -0.2) is 27.3 Å². The SMILES string of the molecule is [O]=[Zr]([O-])[O-].[O]=[Zr]([O-])[O-].[O]=[Zr]([O-])[O-].[Pb+2].[Ti+4]. The van der Waals surface area contributed by atoms with Gasteiger partial charge in [-0.15, -0.1) is 0 Å². The van der Waals surface area contributed by atoms with Crippen LogP contribution in [0, 0.1) is 0 Å². The van der Waals surface area contributed by atoms with Gasteiger partial charge in [-0.05, 0) is 0 Å². The fourth-order valence-corrected chi connectivity index (χ4v) is 0. The molecule has 2 radical (unpaired) electrons. The molecular formula is O9PbTiZr3. The molecule has 0 aromatic carbocycles. The van der Waals surface area contributed by atoms with Gasteiger partial charge in [-0.2, -0.15) is 0 Å². The molecule has 0 saturated carbocycles. The Morgan fingerprint density at radius 3 is 0.571 bits per heavy atom. The molecule has 0 aliphatic rings. The summed E-state index contributed by atoms with van der Waals surface area (Å²) in [6.45, 7) is 0. The zero-order valence-corrected chi connectivity index (χ0v) is 19.0. The van der Waals surface area contributed by atoms with Gasteiger partial charge in [-0.3, -0.25) is 0 Å². The largest absolute Gasteiger partial charge is 4.00 e. The summed E-state index contributed by atoms with van der Waals surface area (Å²) in [4.78, 5) is 0. The molecule has 0 atom stereocenters. The summed E-state index contributed by atoms with van der Waals surface area (Å²) >= 11 is -12.9. The van der Waals surface area contributed by atoms with E-state index in [0.717, 1.165) is 0 Å². The molecule has 14 heteroatoms. The van der Waals surface area contributed by atoms with E-state index in [1.807, 2.05) is 0 Å². The molecule has 0 spiro atoms. The summed E-state index contributed by atoms with van der Waals surface area (Å²) in [5.41, 5.74) is 0. The van der Waals surface area contributed by atoms with E-state index in [4.69, 9.17) is 27.5 Å². The summed E-state index contributed by atoms with van der Waals surface area (Å²) in [6.07, 6.45) is 0. The molecular weight excluding hydrogens is 673 g/mol. The van der Waals surface area contributed by atoms with E-state index >= 15 is 0 Å². The molecule has 0 saturated heterocycles. The van der Waals surface area contributed by atoms with Crippen molar-refractivity contribution in [2.45, 2.75) is 0 Å². The summed E-state index contributed by atoms with van der Waals surface area (Å²) in [7, 11) is 0. The van der Waals surface area contributed by atoms with Gasteiger partial charge in [0.2, 0.25) is 0 Å². The van der Waals surface area contributed by atoms with Crippen molar-refractivity contribution < 1.29 is 117 Å². The predicted octanol–water partition coefficient (Wildman–Crippen LogP) is -7.88. The van der Waals surface area contributed by atoms with Gasteiger partial charge in [0.25, 0.3) is 0 Å². The third-order valence-corrected chi connectivity index (χ3v) is 0. The Labute approximate surface area is 141 Å². The molecule has 0 fully saturated rings. The van der Waals surface area contributed by atoms with E-state index in [0.29, 0.717) is 0 Å². The zero-order chi connectivity index (χ0) is 10.7. The van der Waals surface area contributed by atoms with Crippen molar-refractivity contribution in [1.29, 1.82) is 0 Å². The molecule has 14 heavy (non-hydrogen) atoms. The smallest absolute Gasteiger partial charge is 2.00 e. The van der Waals surface area contributed by atoms with Gasteiger partial charge >= 0.3 is 144 Å². The maximum atomic E-state index is 8.61. The van der Waals surface area contributed by atoms with Gasteiger partial charge in [0.15, 0.2) is 0 Å². The van der Waals surface area contributed by atoms with E-state index in [1.54, 1.807) is 0 Å². The summed E-state index contributed by atoms with van der Waals surface area (Å²) < 4.78 is 77.5. The molecule has 0 amide bonds. The summed E-state index contributed by atoms with van der Waals surface area (Å²) in [5.74, 6) is 0. The first-order valence-corrected chi connectivity index (χ1v) is 10.9. The first kappa shape index (κ1) is 30.5. The molecule has 0 unspecified atom stereocenters. The van der Waals surface area contributed by atoms with Crippen LogP contribution in [0.5, 0.6) is 0 Å². The van der Waals surface area contributed by atoms with Crippen LogP contribution in [0.2, 0.25) is 0 Å². The van der Waals surface area contributed by atoms with Crippen LogP contribution >= 0.6 is 0 Å². The van der Waals surface area contributed by atoms with Gasteiger partial charge in [0, 0.05) is 0 Å².